The average molecular weight is 414 g/mol. The monoisotopic (exact) mass is 413 g/mol. The van der Waals surface area contributed by atoms with Crippen LogP contribution in [-0.4, -0.2) is 11.9 Å². The second-order valence-electron chi connectivity index (χ2n) is 6.04. The first kappa shape index (κ1) is 19.9. The summed E-state index contributed by atoms with van der Waals surface area (Å²) in [6.07, 6.45) is 0. The predicted molar refractivity (Wildman–Crippen MR) is 109 cm³/mol. The molecule has 4 nitrogen and oxygen atoms in total. The van der Waals surface area contributed by atoms with Gasteiger partial charge in [0, 0.05) is 5.56 Å². The molecular weight excluding hydrogens is 397 g/mol. The van der Waals surface area contributed by atoms with Crippen LogP contribution in [0.15, 0.2) is 78.9 Å². The van der Waals surface area contributed by atoms with E-state index in [0.717, 1.165) is 0 Å². The Morgan fingerprint density at radius 2 is 1.50 bits per heavy atom. The van der Waals surface area contributed by atoms with Crippen molar-refractivity contribution in [2.45, 2.75) is 12.6 Å². The molecule has 1 N–H and O–H groups in total. The molecule has 0 unspecified atom stereocenters. The van der Waals surface area contributed by atoms with Gasteiger partial charge in [-0.25, -0.2) is 4.79 Å². The van der Waals surface area contributed by atoms with Crippen LogP contribution in [0.25, 0.3) is 0 Å². The van der Waals surface area contributed by atoms with E-state index in [1.165, 1.54) is 0 Å². The van der Waals surface area contributed by atoms with Gasteiger partial charge in [-0.3, -0.25) is 4.79 Å². The number of hydrogen-bond acceptors (Lipinski definition) is 3. The van der Waals surface area contributed by atoms with E-state index in [4.69, 9.17) is 27.9 Å². The lowest BCUT2D eigenvalue weighted by Gasteiger charge is -2.18. The Labute approximate surface area is 173 Å². The summed E-state index contributed by atoms with van der Waals surface area (Å²) in [7, 11) is 0. The van der Waals surface area contributed by atoms with E-state index in [9.17, 15) is 9.59 Å². The Morgan fingerprint density at radius 1 is 0.857 bits per heavy atom. The van der Waals surface area contributed by atoms with Crippen LogP contribution in [0.3, 0.4) is 0 Å². The molecule has 0 bridgehead atoms. The first-order valence-electron chi connectivity index (χ1n) is 8.56. The minimum absolute atomic E-state index is 0.0142. The van der Waals surface area contributed by atoms with E-state index in [1.807, 2.05) is 12.1 Å². The molecular formula is C22H17Cl2NO3. The van der Waals surface area contributed by atoms with Gasteiger partial charge in [-0.05, 0) is 35.4 Å². The number of nitrogens with one attached hydrogen (secondary N) is 1. The van der Waals surface area contributed by atoms with Crippen molar-refractivity contribution in [3.8, 4) is 0 Å². The summed E-state index contributed by atoms with van der Waals surface area (Å²) < 4.78 is 5.42. The number of rotatable bonds is 6. The summed E-state index contributed by atoms with van der Waals surface area (Å²) in [6.45, 7) is 0.0142. The normalized spacial score (nSPS) is 11.5. The number of benzene rings is 3. The summed E-state index contributed by atoms with van der Waals surface area (Å²) in [4.78, 5) is 25.3. The third-order valence-electron chi connectivity index (χ3n) is 4.05. The summed E-state index contributed by atoms with van der Waals surface area (Å²) in [5, 5.41) is 3.55. The second-order valence-corrected chi connectivity index (χ2v) is 6.85. The molecule has 0 heterocycles. The van der Waals surface area contributed by atoms with Gasteiger partial charge in [0.15, 0.2) is 6.04 Å². The molecule has 3 aromatic rings. The number of amides is 1. The first-order valence-corrected chi connectivity index (χ1v) is 9.31. The van der Waals surface area contributed by atoms with E-state index in [2.05, 4.69) is 5.32 Å². The van der Waals surface area contributed by atoms with Crippen molar-refractivity contribution in [3.63, 3.8) is 0 Å². The molecule has 0 aliphatic carbocycles. The fourth-order valence-corrected chi connectivity index (χ4v) is 2.92. The third kappa shape index (κ3) is 5.12. The highest BCUT2D eigenvalue weighted by atomic mass is 35.5. The zero-order valence-electron chi connectivity index (χ0n) is 14.8. The molecule has 0 radical (unpaired) electrons. The fourth-order valence-electron chi connectivity index (χ4n) is 2.59. The molecule has 0 aliphatic heterocycles. The Bertz CT molecular complexity index is 962. The van der Waals surface area contributed by atoms with Gasteiger partial charge in [-0.15, -0.1) is 0 Å². The number of esters is 1. The Morgan fingerprint density at radius 3 is 2.14 bits per heavy atom. The first-order chi connectivity index (χ1) is 13.5. The molecule has 28 heavy (non-hydrogen) atoms. The zero-order valence-corrected chi connectivity index (χ0v) is 16.3. The van der Waals surface area contributed by atoms with Crippen LogP contribution in [-0.2, 0) is 16.1 Å². The molecule has 0 aliphatic rings. The molecule has 0 saturated carbocycles. The van der Waals surface area contributed by atoms with Gasteiger partial charge < -0.3 is 10.1 Å². The minimum Gasteiger partial charge on any atom is -0.459 e. The van der Waals surface area contributed by atoms with Gasteiger partial charge in [0.05, 0.1) is 10.0 Å². The van der Waals surface area contributed by atoms with E-state index >= 15 is 0 Å². The zero-order chi connectivity index (χ0) is 19.9. The Kier molecular flexibility index (Phi) is 6.69. The van der Waals surface area contributed by atoms with Gasteiger partial charge in [0.2, 0.25) is 0 Å². The van der Waals surface area contributed by atoms with Crippen LogP contribution >= 0.6 is 23.2 Å². The van der Waals surface area contributed by atoms with Gasteiger partial charge >= 0.3 is 5.97 Å². The van der Waals surface area contributed by atoms with Crippen molar-refractivity contribution in [2.24, 2.45) is 0 Å². The fraction of sp³-hybridized carbons (Fsp3) is 0.0909. The van der Waals surface area contributed by atoms with E-state index in [0.29, 0.717) is 26.7 Å². The molecule has 1 atom stereocenters. The molecule has 6 heteroatoms. The minimum atomic E-state index is -0.934. The number of carbonyl (C=O) groups excluding carboxylic acids is 2. The van der Waals surface area contributed by atoms with Crippen LogP contribution in [0.2, 0.25) is 10.0 Å². The predicted octanol–water partition coefficient (Wildman–Crippen LogP) is 5.21. The van der Waals surface area contributed by atoms with Crippen LogP contribution in [0.1, 0.15) is 27.5 Å². The lowest BCUT2D eigenvalue weighted by Crippen LogP contribution is -2.34. The van der Waals surface area contributed by atoms with Crippen LogP contribution in [0.5, 0.6) is 0 Å². The summed E-state index contributed by atoms with van der Waals surface area (Å²) in [5.74, 6) is -0.928. The molecule has 0 aromatic heterocycles. The summed E-state index contributed by atoms with van der Waals surface area (Å²) >= 11 is 11.9. The second kappa shape index (κ2) is 9.40. The number of carbonyl (C=O) groups is 2. The average Bonchev–Trinajstić information content (AvgIpc) is 2.73. The van der Waals surface area contributed by atoms with Crippen molar-refractivity contribution in [2.75, 3.05) is 0 Å². The molecule has 0 spiro atoms. The van der Waals surface area contributed by atoms with E-state index in [1.54, 1.807) is 66.7 Å². The Hall–Kier alpha value is -2.82. The maximum atomic E-state index is 12.7. The number of ether oxygens (including phenoxy) is 1. The smallest absolute Gasteiger partial charge is 0.333 e. The maximum absolute atomic E-state index is 12.7. The third-order valence-corrected chi connectivity index (χ3v) is 4.78. The molecule has 142 valence electrons. The highest BCUT2D eigenvalue weighted by Crippen LogP contribution is 2.23. The number of halogens is 2. The van der Waals surface area contributed by atoms with Crippen molar-refractivity contribution < 1.29 is 14.3 Å². The topological polar surface area (TPSA) is 55.4 Å². The standard InChI is InChI=1S/C22H17Cl2NO3/c23-18-12-11-15(13-19(18)24)14-28-22(27)20(16-7-3-1-4-8-16)25-21(26)17-9-5-2-6-10-17/h1-13,20H,14H2,(H,25,26)/t20-/m0/s1. The van der Waals surface area contributed by atoms with E-state index in [-0.39, 0.29) is 12.5 Å². The van der Waals surface area contributed by atoms with Gasteiger partial charge in [0.25, 0.3) is 5.91 Å². The highest BCUT2D eigenvalue weighted by molar-refractivity contribution is 6.42. The maximum Gasteiger partial charge on any atom is 0.333 e. The summed E-state index contributed by atoms with van der Waals surface area (Å²) in [6, 6.07) is 21.7. The Balaban J connectivity index is 1.75. The van der Waals surface area contributed by atoms with Crippen LogP contribution in [0.4, 0.5) is 0 Å². The lowest BCUT2D eigenvalue weighted by atomic mass is 10.1. The highest BCUT2D eigenvalue weighted by Gasteiger charge is 2.24. The molecule has 3 aromatic carbocycles. The summed E-state index contributed by atoms with van der Waals surface area (Å²) in [5.41, 5.74) is 1.79. The van der Waals surface area contributed by atoms with Crippen LogP contribution < -0.4 is 5.32 Å². The van der Waals surface area contributed by atoms with Crippen molar-refractivity contribution in [3.05, 3.63) is 106 Å². The molecule has 0 saturated heterocycles. The van der Waals surface area contributed by atoms with Gasteiger partial charge in [-0.2, -0.15) is 0 Å². The molecule has 0 fully saturated rings. The SMILES string of the molecule is O=C(N[C@H](C(=O)OCc1ccc(Cl)c(Cl)c1)c1ccccc1)c1ccccc1. The number of hydrogen-bond donors (Lipinski definition) is 1. The van der Waals surface area contributed by atoms with Crippen molar-refractivity contribution in [1.82, 2.24) is 5.32 Å². The van der Waals surface area contributed by atoms with Crippen molar-refractivity contribution in [1.29, 1.82) is 0 Å². The quantitative estimate of drug-likeness (QED) is 0.564. The van der Waals surface area contributed by atoms with Gasteiger partial charge in [0.1, 0.15) is 6.61 Å². The lowest BCUT2D eigenvalue weighted by molar-refractivity contribution is -0.147. The molecule has 1 amide bonds. The largest absolute Gasteiger partial charge is 0.459 e. The molecule has 3 rings (SSSR count). The van der Waals surface area contributed by atoms with Crippen molar-refractivity contribution >= 4 is 35.1 Å². The van der Waals surface area contributed by atoms with Crippen LogP contribution in [0, 0.1) is 0 Å². The van der Waals surface area contributed by atoms with E-state index < -0.39 is 12.0 Å². The van der Waals surface area contributed by atoms with Gasteiger partial charge in [-0.1, -0.05) is 77.8 Å².